The fraction of sp³-hybridized carbons (Fsp3) is 0.389. The van der Waals surface area contributed by atoms with Gasteiger partial charge in [-0.05, 0) is 38.8 Å². The fourth-order valence-corrected chi connectivity index (χ4v) is 3.61. The highest BCUT2D eigenvalue weighted by atomic mass is 16.5. The molecule has 1 aliphatic rings. The monoisotopic (exact) mass is 306 g/mol. The molecule has 0 unspecified atom stereocenters. The molecule has 0 N–H and O–H groups in total. The zero-order chi connectivity index (χ0) is 16.0. The molecule has 0 spiro atoms. The molecule has 0 bridgehead atoms. The summed E-state index contributed by atoms with van der Waals surface area (Å²) >= 11 is 0. The molecule has 2 atom stereocenters. The van der Waals surface area contributed by atoms with Gasteiger partial charge in [-0.3, -0.25) is 4.98 Å². The number of ether oxygens (including phenoxy) is 1. The maximum Gasteiger partial charge on any atom is 0.188 e. The minimum atomic E-state index is 0.262. The van der Waals surface area contributed by atoms with Gasteiger partial charge in [-0.25, -0.2) is 9.83 Å². The van der Waals surface area contributed by atoms with E-state index in [4.69, 9.17) is 16.3 Å². The molecule has 4 rings (SSSR count). The Morgan fingerprint density at radius 1 is 1.35 bits per heavy atom. The molecule has 2 aromatic heterocycles. The molecule has 23 heavy (non-hydrogen) atoms. The molecule has 1 aromatic carbocycles. The van der Waals surface area contributed by atoms with Crippen LogP contribution in [0.4, 0.5) is 5.69 Å². The SMILES string of the molecule is [C-]#[N+]c1ccc2ncc3nc(C)n([C@H]4CCO[C@@H](C)C4)c3c2c1. The van der Waals surface area contributed by atoms with E-state index in [2.05, 4.69) is 21.3 Å². The molecule has 1 fully saturated rings. The quantitative estimate of drug-likeness (QED) is 0.633. The summed E-state index contributed by atoms with van der Waals surface area (Å²) in [6, 6.07) is 6.04. The van der Waals surface area contributed by atoms with Crippen LogP contribution in [0.1, 0.15) is 31.6 Å². The third-order valence-corrected chi connectivity index (χ3v) is 4.63. The predicted molar refractivity (Wildman–Crippen MR) is 89.7 cm³/mol. The third kappa shape index (κ3) is 2.27. The average molecular weight is 306 g/mol. The standard InChI is InChI=1S/C18H18N4O/c1-11-8-14(6-7-23-11)22-12(2)21-17-10-20-16-5-4-13(19-3)9-15(16)18(17)22/h4-5,9-11,14H,6-8H2,1-2H3/t11-,14-/m0/s1. The van der Waals surface area contributed by atoms with Gasteiger partial charge in [-0.2, -0.15) is 0 Å². The first-order valence-electron chi connectivity index (χ1n) is 7.93. The van der Waals surface area contributed by atoms with Crippen molar-refractivity contribution in [3.8, 4) is 0 Å². The average Bonchev–Trinajstić information content (AvgIpc) is 2.90. The molecule has 0 aliphatic carbocycles. The molecule has 5 nitrogen and oxygen atoms in total. The number of hydrogen-bond donors (Lipinski definition) is 0. The van der Waals surface area contributed by atoms with Crippen LogP contribution in [0.15, 0.2) is 24.4 Å². The molecule has 0 radical (unpaired) electrons. The lowest BCUT2D eigenvalue weighted by molar-refractivity contribution is 0.00640. The Bertz CT molecular complexity index is 937. The van der Waals surface area contributed by atoms with Gasteiger partial charge in [0.2, 0.25) is 0 Å². The number of pyridine rings is 1. The van der Waals surface area contributed by atoms with Crippen LogP contribution >= 0.6 is 0 Å². The van der Waals surface area contributed by atoms with Crippen LogP contribution in [0.3, 0.4) is 0 Å². The normalized spacial score (nSPS) is 21.6. The smallest absolute Gasteiger partial charge is 0.188 e. The van der Waals surface area contributed by atoms with Crippen LogP contribution in [0.25, 0.3) is 26.8 Å². The minimum absolute atomic E-state index is 0.262. The number of nitrogens with zero attached hydrogens (tertiary/aromatic N) is 4. The van der Waals surface area contributed by atoms with Crippen molar-refractivity contribution in [1.29, 1.82) is 0 Å². The molecule has 3 heterocycles. The molecule has 1 aliphatic heterocycles. The summed E-state index contributed by atoms with van der Waals surface area (Å²) in [6.45, 7) is 12.2. The summed E-state index contributed by atoms with van der Waals surface area (Å²) in [5.41, 5.74) is 3.54. The molecular weight excluding hydrogens is 288 g/mol. The van der Waals surface area contributed by atoms with Gasteiger partial charge in [-0.1, -0.05) is 6.07 Å². The van der Waals surface area contributed by atoms with Crippen molar-refractivity contribution in [2.45, 2.75) is 38.8 Å². The van der Waals surface area contributed by atoms with Gasteiger partial charge in [0.1, 0.15) is 11.3 Å². The first-order valence-corrected chi connectivity index (χ1v) is 7.93. The van der Waals surface area contributed by atoms with Crippen molar-refractivity contribution >= 4 is 27.6 Å². The maximum atomic E-state index is 7.27. The van der Waals surface area contributed by atoms with Gasteiger partial charge in [0.15, 0.2) is 5.69 Å². The molecule has 116 valence electrons. The van der Waals surface area contributed by atoms with E-state index < -0.39 is 0 Å². The van der Waals surface area contributed by atoms with Crippen LogP contribution in [0.2, 0.25) is 0 Å². The van der Waals surface area contributed by atoms with Gasteiger partial charge in [0.05, 0.1) is 29.9 Å². The van der Waals surface area contributed by atoms with Crippen molar-refractivity contribution in [2.75, 3.05) is 6.61 Å². The number of fused-ring (bicyclic) bond motifs is 3. The van der Waals surface area contributed by atoms with E-state index in [-0.39, 0.29) is 6.10 Å². The Morgan fingerprint density at radius 2 is 2.22 bits per heavy atom. The summed E-state index contributed by atoms with van der Waals surface area (Å²) in [5, 5.41) is 1.01. The first-order chi connectivity index (χ1) is 11.2. The Labute approximate surface area is 134 Å². The molecular formula is C18H18N4O. The zero-order valence-corrected chi connectivity index (χ0v) is 13.3. The van der Waals surface area contributed by atoms with E-state index >= 15 is 0 Å². The summed E-state index contributed by atoms with van der Waals surface area (Å²) in [6.07, 6.45) is 4.07. The largest absolute Gasteiger partial charge is 0.378 e. The minimum Gasteiger partial charge on any atom is -0.378 e. The number of aromatic nitrogens is 3. The molecule has 3 aromatic rings. The van der Waals surface area contributed by atoms with Crippen LogP contribution in [0.5, 0.6) is 0 Å². The highest BCUT2D eigenvalue weighted by molar-refractivity contribution is 6.03. The second-order valence-electron chi connectivity index (χ2n) is 6.19. The van der Waals surface area contributed by atoms with E-state index in [0.717, 1.165) is 47.2 Å². The number of rotatable bonds is 1. The van der Waals surface area contributed by atoms with Crippen molar-refractivity contribution in [1.82, 2.24) is 14.5 Å². The van der Waals surface area contributed by atoms with Crippen LogP contribution < -0.4 is 0 Å². The van der Waals surface area contributed by atoms with E-state index in [0.29, 0.717) is 11.7 Å². The summed E-state index contributed by atoms with van der Waals surface area (Å²) < 4.78 is 8.02. The Kier molecular flexibility index (Phi) is 3.28. The Morgan fingerprint density at radius 3 is 3.00 bits per heavy atom. The van der Waals surface area contributed by atoms with Gasteiger partial charge in [-0.15, -0.1) is 0 Å². The van der Waals surface area contributed by atoms with E-state index in [9.17, 15) is 0 Å². The van der Waals surface area contributed by atoms with E-state index in [1.807, 2.05) is 31.3 Å². The van der Waals surface area contributed by atoms with Gasteiger partial charge >= 0.3 is 0 Å². The lowest BCUT2D eigenvalue weighted by Crippen LogP contribution is -2.26. The topological polar surface area (TPSA) is 44.3 Å². The van der Waals surface area contributed by atoms with Gasteiger partial charge in [0.25, 0.3) is 0 Å². The van der Waals surface area contributed by atoms with E-state index in [1.165, 1.54) is 0 Å². The number of imidazole rings is 1. The van der Waals surface area contributed by atoms with Gasteiger partial charge < -0.3 is 9.30 Å². The highest BCUT2D eigenvalue weighted by Gasteiger charge is 2.25. The second kappa shape index (κ2) is 5.32. The maximum absolute atomic E-state index is 7.27. The van der Waals surface area contributed by atoms with E-state index in [1.54, 1.807) is 0 Å². The highest BCUT2D eigenvalue weighted by Crippen LogP contribution is 2.34. The zero-order valence-electron chi connectivity index (χ0n) is 13.3. The lowest BCUT2D eigenvalue weighted by atomic mass is 10.0. The van der Waals surface area contributed by atoms with Crippen molar-refractivity contribution in [3.05, 3.63) is 41.6 Å². The van der Waals surface area contributed by atoms with Crippen molar-refractivity contribution < 1.29 is 4.74 Å². The first kappa shape index (κ1) is 14.2. The lowest BCUT2D eigenvalue weighted by Gasteiger charge is -2.29. The Hall–Kier alpha value is -2.45. The third-order valence-electron chi connectivity index (χ3n) is 4.63. The molecule has 1 saturated heterocycles. The molecule has 5 heteroatoms. The van der Waals surface area contributed by atoms with Crippen LogP contribution in [-0.4, -0.2) is 27.2 Å². The van der Waals surface area contributed by atoms with Gasteiger partial charge in [0, 0.05) is 18.0 Å². The number of benzene rings is 1. The summed E-state index contributed by atoms with van der Waals surface area (Å²) in [4.78, 5) is 12.8. The number of aryl methyl sites for hydroxylation is 1. The van der Waals surface area contributed by atoms with Crippen molar-refractivity contribution in [3.63, 3.8) is 0 Å². The van der Waals surface area contributed by atoms with Crippen LogP contribution in [0, 0.1) is 13.5 Å². The van der Waals surface area contributed by atoms with Crippen molar-refractivity contribution in [2.24, 2.45) is 0 Å². The second-order valence-corrected chi connectivity index (χ2v) is 6.19. The van der Waals surface area contributed by atoms with Crippen LogP contribution in [-0.2, 0) is 4.74 Å². The molecule has 0 saturated carbocycles. The Balaban J connectivity index is 2.01. The summed E-state index contributed by atoms with van der Waals surface area (Å²) in [5.74, 6) is 1.00. The predicted octanol–water partition coefficient (Wildman–Crippen LogP) is 4.18. The summed E-state index contributed by atoms with van der Waals surface area (Å²) in [7, 11) is 0. The fourth-order valence-electron chi connectivity index (χ4n) is 3.61. The number of hydrogen-bond acceptors (Lipinski definition) is 3. The molecule has 0 amide bonds.